The Labute approximate surface area is 139 Å². The highest BCUT2D eigenvalue weighted by molar-refractivity contribution is 7.13. The van der Waals surface area contributed by atoms with Crippen molar-refractivity contribution in [2.24, 2.45) is 0 Å². The topological polar surface area (TPSA) is 45.2 Å². The van der Waals surface area contributed by atoms with Gasteiger partial charge in [0.15, 0.2) is 5.13 Å². The van der Waals surface area contributed by atoms with Crippen molar-refractivity contribution in [1.82, 2.24) is 4.98 Å². The van der Waals surface area contributed by atoms with Crippen molar-refractivity contribution >= 4 is 45.2 Å². The SMILES string of the molecule is C=C(C(=O)Nc1nccs1)c1ccc(Cl)cc1N(C)C(C)C. The van der Waals surface area contributed by atoms with E-state index in [1.807, 2.05) is 19.2 Å². The summed E-state index contributed by atoms with van der Waals surface area (Å²) in [5.41, 5.74) is 2.02. The number of nitrogens with zero attached hydrogens (tertiary/aromatic N) is 2. The van der Waals surface area contributed by atoms with Gasteiger partial charge >= 0.3 is 0 Å². The minimum Gasteiger partial charge on any atom is -0.372 e. The average Bonchev–Trinajstić information content (AvgIpc) is 2.98. The highest BCUT2D eigenvalue weighted by Crippen LogP contribution is 2.30. The van der Waals surface area contributed by atoms with E-state index < -0.39 is 0 Å². The van der Waals surface area contributed by atoms with Gasteiger partial charge in [0.25, 0.3) is 5.91 Å². The molecule has 0 spiro atoms. The number of benzene rings is 1. The summed E-state index contributed by atoms with van der Waals surface area (Å²) in [7, 11) is 1.96. The molecule has 0 bridgehead atoms. The van der Waals surface area contributed by atoms with Crippen molar-refractivity contribution in [2.75, 3.05) is 17.3 Å². The minimum absolute atomic E-state index is 0.268. The number of thiazole rings is 1. The Bertz CT molecular complexity index is 683. The van der Waals surface area contributed by atoms with E-state index in [2.05, 4.69) is 35.6 Å². The predicted octanol–water partition coefficient (Wildman–Crippen LogP) is 4.29. The number of nitrogens with one attached hydrogen (secondary N) is 1. The van der Waals surface area contributed by atoms with E-state index in [4.69, 9.17) is 11.6 Å². The van der Waals surface area contributed by atoms with E-state index in [1.165, 1.54) is 11.3 Å². The second-order valence-electron chi connectivity index (χ2n) is 5.14. The monoisotopic (exact) mass is 335 g/mol. The fraction of sp³-hybridized carbons (Fsp3) is 0.250. The number of hydrogen-bond acceptors (Lipinski definition) is 4. The first-order valence-electron chi connectivity index (χ1n) is 6.82. The van der Waals surface area contributed by atoms with E-state index in [-0.39, 0.29) is 11.9 Å². The normalized spacial score (nSPS) is 10.6. The Morgan fingerprint density at radius 1 is 1.45 bits per heavy atom. The van der Waals surface area contributed by atoms with Crippen LogP contribution in [0.15, 0.2) is 36.4 Å². The lowest BCUT2D eigenvalue weighted by Gasteiger charge is -2.27. The molecule has 6 heteroatoms. The van der Waals surface area contributed by atoms with Gasteiger partial charge in [0.2, 0.25) is 0 Å². The predicted molar refractivity (Wildman–Crippen MR) is 94.8 cm³/mol. The molecule has 116 valence electrons. The molecular formula is C16H18ClN3OS. The molecule has 4 nitrogen and oxygen atoms in total. The Balaban J connectivity index is 2.30. The van der Waals surface area contributed by atoms with Crippen LogP contribution in [0, 0.1) is 0 Å². The molecule has 0 radical (unpaired) electrons. The molecule has 0 aliphatic rings. The van der Waals surface area contributed by atoms with Gasteiger partial charge < -0.3 is 4.90 Å². The van der Waals surface area contributed by atoms with Gasteiger partial charge in [0, 0.05) is 46.5 Å². The molecule has 0 fully saturated rings. The number of amides is 1. The Morgan fingerprint density at radius 2 is 2.18 bits per heavy atom. The largest absolute Gasteiger partial charge is 0.372 e. The highest BCUT2D eigenvalue weighted by atomic mass is 35.5. The number of aromatic nitrogens is 1. The summed E-state index contributed by atoms with van der Waals surface area (Å²) in [4.78, 5) is 18.4. The summed E-state index contributed by atoms with van der Waals surface area (Å²) >= 11 is 7.47. The van der Waals surface area contributed by atoms with Gasteiger partial charge in [-0.05, 0) is 26.0 Å². The second kappa shape index (κ2) is 6.94. The van der Waals surface area contributed by atoms with Gasteiger partial charge in [0.05, 0.1) is 0 Å². The van der Waals surface area contributed by atoms with Crippen LogP contribution in [0.25, 0.3) is 5.57 Å². The molecule has 0 unspecified atom stereocenters. The van der Waals surface area contributed by atoms with E-state index in [1.54, 1.807) is 17.6 Å². The van der Waals surface area contributed by atoms with Crippen LogP contribution in [0.3, 0.4) is 0 Å². The third kappa shape index (κ3) is 3.67. The van der Waals surface area contributed by atoms with Gasteiger partial charge in [-0.3, -0.25) is 10.1 Å². The minimum atomic E-state index is -0.268. The van der Waals surface area contributed by atoms with Crippen molar-refractivity contribution in [3.63, 3.8) is 0 Å². The highest BCUT2D eigenvalue weighted by Gasteiger charge is 2.18. The van der Waals surface area contributed by atoms with Crippen molar-refractivity contribution < 1.29 is 4.79 Å². The van der Waals surface area contributed by atoms with Gasteiger partial charge in [-0.2, -0.15) is 0 Å². The maximum Gasteiger partial charge on any atom is 0.257 e. The van der Waals surface area contributed by atoms with Crippen LogP contribution in [0.1, 0.15) is 19.4 Å². The fourth-order valence-electron chi connectivity index (χ4n) is 1.91. The summed E-state index contributed by atoms with van der Waals surface area (Å²) in [5, 5.41) is 5.73. The Hall–Kier alpha value is -1.85. The first-order chi connectivity index (χ1) is 10.4. The smallest absolute Gasteiger partial charge is 0.257 e. The molecule has 0 atom stereocenters. The van der Waals surface area contributed by atoms with Crippen molar-refractivity contribution in [3.8, 4) is 0 Å². The van der Waals surface area contributed by atoms with Crippen molar-refractivity contribution in [3.05, 3.63) is 46.9 Å². The maximum absolute atomic E-state index is 12.3. The van der Waals surface area contributed by atoms with E-state index in [9.17, 15) is 4.79 Å². The zero-order valence-corrected chi connectivity index (χ0v) is 14.3. The molecule has 2 rings (SSSR count). The van der Waals surface area contributed by atoms with Crippen molar-refractivity contribution in [2.45, 2.75) is 19.9 Å². The lowest BCUT2D eigenvalue weighted by Crippen LogP contribution is -2.27. The van der Waals surface area contributed by atoms with Gasteiger partial charge in [-0.1, -0.05) is 24.2 Å². The van der Waals surface area contributed by atoms with Crippen LogP contribution in [0.2, 0.25) is 5.02 Å². The summed E-state index contributed by atoms with van der Waals surface area (Å²) in [6.07, 6.45) is 1.64. The Morgan fingerprint density at radius 3 is 2.77 bits per heavy atom. The van der Waals surface area contributed by atoms with Crippen LogP contribution in [-0.4, -0.2) is 24.0 Å². The lowest BCUT2D eigenvalue weighted by molar-refractivity contribution is -0.111. The van der Waals surface area contributed by atoms with Crippen LogP contribution >= 0.6 is 22.9 Å². The molecular weight excluding hydrogens is 318 g/mol. The standard InChI is InChI=1S/C16H18ClN3OS/c1-10(2)20(4)14-9-12(17)5-6-13(14)11(3)15(21)19-16-18-7-8-22-16/h5-10H,3H2,1-2,4H3,(H,18,19,21). The number of hydrogen-bond donors (Lipinski definition) is 1. The van der Waals surface area contributed by atoms with Crippen LogP contribution in [-0.2, 0) is 4.79 Å². The van der Waals surface area contributed by atoms with Gasteiger partial charge in [-0.25, -0.2) is 4.98 Å². The third-order valence-electron chi connectivity index (χ3n) is 3.37. The number of halogens is 1. The molecule has 2 aromatic rings. The van der Waals surface area contributed by atoms with E-state index in [0.29, 0.717) is 15.7 Å². The molecule has 0 saturated carbocycles. The van der Waals surface area contributed by atoms with Gasteiger partial charge in [-0.15, -0.1) is 11.3 Å². The lowest BCUT2D eigenvalue weighted by atomic mass is 10.0. The number of rotatable bonds is 5. The molecule has 1 aromatic carbocycles. The molecule has 22 heavy (non-hydrogen) atoms. The summed E-state index contributed by atoms with van der Waals surface area (Å²) in [5.74, 6) is -0.268. The van der Waals surface area contributed by atoms with Crippen LogP contribution in [0.5, 0.6) is 0 Å². The van der Waals surface area contributed by atoms with Crippen LogP contribution < -0.4 is 10.2 Å². The molecule has 1 amide bonds. The molecule has 0 aliphatic carbocycles. The number of carbonyl (C=O) groups is 1. The molecule has 1 heterocycles. The summed E-state index contributed by atoms with van der Waals surface area (Å²) in [6.45, 7) is 8.08. The van der Waals surface area contributed by atoms with Gasteiger partial charge in [0.1, 0.15) is 0 Å². The molecule has 0 aliphatic heterocycles. The second-order valence-corrected chi connectivity index (χ2v) is 6.47. The molecule has 1 aromatic heterocycles. The average molecular weight is 336 g/mol. The Kier molecular flexibility index (Phi) is 5.21. The first-order valence-corrected chi connectivity index (χ1v) is 8.08. The van der Waals surface area contributed by atoms with E-state index in [0.717, 1.165) is 11.3 Å². The fourth-order valence-corrected chi connectivity index (χ4v) is 2.60. The number of anilines is 2. The van der Waals surface area contributed by atoms with Crippen LogP contribution in [0.4, 0.5) is 10.8 Å². The quantitative estimate of drug-likeness (QED) is 0.829. The summed E-state index contributed by atoms with van der Waals surface area (Å²) < 4.78 is 0. The van der Waals surface area contributed by atoms with E-state index >= 15 is 0 Å². The zero-order valence-electron chi connectivity index (χ0n) is 12.8. The first kappa shape index (κ1) is 16.5. The number of carbonyl (C=O) groups excluding carboxylic acids is 1. The maximum atomic E-state index is 12.3. The summed E-state index contributed by atoms with van der Waals surface area (Å²) in [6, 6.07) is 5.70. The van der Waals surface area contributed by atoms with Crippen molar-refractivity contribution in [1.29, 1.82) is 0 Å². The zero-order chi connectivity index (χ0) is 16.3. The third-order valence-corrected chi connectivity index (χ3v) is 4.29. The molecule has 1 N–H and O–H groups in total. The molecule has 0 saturated heterocycles.